The number of hydrogen-bond acceptors (Lipinski definition) is 6. The van der Waals surface area contributed by atoms with Crippen molar-refractivity contribution in [2.45, 2.75) is 50.6 Å². The first kappa shape index (κ1) is 23.5. The summed E-state index contributed by atoms with van der Waals surface area (Å²) in [5.41, 5.74) is 1.26. The van der Waals surface area contributed by atoms with Crippen molar-refractivity contribution in [3.05, 3.63) is 64.4 Å². The molecule has 0 radical (unpaired) electrons. The van der Waals surface area contributed by atoms with Crippen LogP contribution in [0.3, 0.4) is 0 Å². The summed E-state index contributed by atoms with van der Waals surface area (Å²) < 4.78 is 3.34. The van der Waals surface area contributed by atoms with Gasteiger partial charge < -0.3 is 5.32 Å². The van der Waals surface area contributed by atoms with E-state index >= 15 is 0 Å². The van der Waals surface area contributed by atoms with Gasteiger partial charge in [-0.25, -0.2) is 4.57 Å². The fourth-order valence-electron chi connectivity index (χ4n) is 3.55. The molecule has 1 N–H and O–H groups in total. The minimum Gasteiger partial charge on any atom is -0.337 e. The monoisotopic (exact) mass is 474 g/mol. The fraction of sp³-hybridized carbons (Fsp3) is 0.320. The summed E-state index contributed by atoms with van der Waals surface area (Å²) in [6.45, 7) is 9.25. The van der Waals surface area contributed by atoms with Crippen LogP contribution < -0.4 is 10.9 Å². The highest BCUT2D eigenvalue weighted by molar-refractivity contribution is 8.00. The summed E-state index contributed by atoms with van der Waals surface area (Å²) in [4.78, 5) is 26.3. The van der Waals surface area contributed by atoms with Crippen LogP contribution in [-0.4, -0.2) is 35.9 Å². The maximum Gasteiger partial charge on any atom is 0.267 e. The zero-order chi connectivity index (χ0) is 24.6. The lowest BCUT2D eigenvalue weighted by atomic mass is 9.90. The lowest BCUT2D eigenvalue weighted by molar-refractivity contribution is -0.121. The number of nitrogens with one attached hydrogen (secondary N) is 1. The van der Waals surface area contributed by atoms with E-state index in [2.05, 4.69) is 21.6 Å². The zero-order valence-corrected chi connectivity index (χ0v) is 20.6. The summed E-state index contributed by atoms with van der Waals surface area (Å²) in [7, 11) is 0. The molecule has 9 heteroatoms. The van der Waals surface area contributed by atoms with Crippen LogP contribution in [0.15, 0.2) is 58.5 Å². The summed E-state index contributed by atoms with van der Waals surface area (Å²) in [6, 6.07) is 17.1. The van der Waals surface area contributed by atoms with E-state index < -0.39 is 10.8 Å². The molecule has 174 valence electrons. The molecular weight excluding hydrogens is 448 g/mol. The highest BCUT2D eigenvalue weighted by Gasteiger charge is 2.32. The number of rotatable bonds is 6. The Morgan fingerprint density at radius 1 is 1.12 bits per heavy atom. The number of fused-ring (bicyclic) bond motifs is 3. The number of amides is 1. The molecule has 0 spiro atoms. The van der Waals surface area contributed by atoms with Gasteiger partial charge in [0.25, 0.3) is 5.56 Å². The van der Waals surface area contributed by atoms with Crippen LogP contribution in [0.4, 0.5) is 0 Å². The molecule has 2 heterocycles. The van der Waals surface area contributed by atoms with Gasteiger partial charge in [0.05, 0.1) is 27.9 Å². The molecule has 2 atom stereocenters. The van der Waals surface area contributed by atoms with Crippen LogP contribution in [0.1, 0.15) is 33.3 Å². The third-order valence-corrected chi connectivity index (χ3v) is 7.15. The third kappa shape index (κ3) is 4.05. The first-order valence-corrected chi connectivity index (χ1v) is 11.9. The molecule has 2 unspecified atom stereocenters. The van der Waals surface area contributed by atoms with Gasteiger partial charge >= 0.3 is 0 Å². The Balaban J connectivity index is 1.82. The third-order valence-electron chi connectivity index (χ3n) is 6.11. The molecular formula is C25H26N6O2S. The molecule has 34 heavy (non-hydrogen) atoms. The Bertz CT molecular complexity index is 1480. The van der Waals surface area contributed by atoms with Crippen molar-refractivity contribution in [3.63, 3.8) is 0 Å². The number of carbonyl (C=O) groups excluding carboxylic acids is 1. The zero-order valence-electron chi connectivity index (χ0n) is 19.7. The molecule has 1 amide bonds. The molecule has 0 bridgehead atoms. The van der Waals surface area contributed by atoms with E-state index in [-0.39, 0.29) is 17.4 Å². The van der Waals surface area contributed by atoms with Gasteiger partial charge in [0, 0.05) is 0 Å². The van der Waals surface area contributed by atoms with Crippen LogP contribution in [0.5, 0.6) is 0 Å². The lowest BCUT2D eigenvalue weighted by Crippen LogP contribution is -2.51. The number of aromatic nitrogens is 4. The Morgan fingerprint density at radius 3 is 2.44 bits per heavy atom. The lowest BCUT2D eigenvalue weighted by Gasteiger charge is -2.28. The minimum atomic E-state index is -0.975. The summed E-state index contributed by atoms with van der Waals surface area (Å²) in [6.07, 6.45) is 0. The van der Waals surface area contributed by atoms with Crippen molar-refractivity contribution in [2.75, 3.05) is 0 Å². The van der Waals surface area contributed by atoms with Crippen molar-refractivity contribution in [1.29, 1.82) is 5.26 Å². The highest BCUT2D eigenvalue weighted by Crippen LogP contribution is 2.27. The molecule has 2 aromatic carbocycles. The van der Waals surface area contributed by atoms with Crippen LogP contribution >= 0.6 is 11.8 Å². The van der Waals surface area contributed by atoms with E-state index in [1.165, 1.54) is 16.3 Å². The van der Waals surface area contributed by atoms with Gasteiger partial charge in [-0.2, -0.15) is 5.26 Å². The molecule has 0 saturated carbocycles. The van der Waals surface area contributed by atoms with E-state index in [1.54, 1.807) is 24.3 Å². The largest absolute Gasteiger partial charge is 0.337 e. The number of benzene rings is 2. The fourth-order valence-corrected chi connectivity index (χ4v) is 4.41. The Hall–Kier alpha value is -3.64. The van der Waals surface area contributed by atoms with Gasteiger partial charge in [-0.1, -0.05) is 55.4 Å². The highest BCUT2D eigenvalue weighted by atomic mass is 32.2. The van der Waals surface area contributed by atoms with E-state index in [0.717, 1.165) is 5.56 Å². The van der Waals surface area contributed by atoms with E-state index in [1.807, 2.05) is 63.2 Å². The van der Waals surface area contributed by atoms with Gasteiger partial charge in [-0.05, 0) is 51.0 Å². The molecule has 0 aliphatic rings. The Kier molecular flexibility index (Phi) is 6.19. The maximum atomic E-state index is 13.4. The molecule has 0 saturated heterocycles. The molecule has 4 rings (SSSR count). The van der Waals surface area contributed by atoms with Gasteiger partial charge in [0.1, 0.15) is 5.54 Å². The number of nitrogens with zero attached hydrogens (tertiary/aromatic N) is 5. The Morgan fingerprint density at radius 2 is 1.79 bits per heavy atom. The number of nitriles is 1. The first-order valence-electron chi connectivity index (χ1n) is 11.0. The SMILES string of the molecule is Cc1ccc(-n2c(=O)c3ccccc3n3c(SC(C)C(=O)NC(C)(C#N)C(C)C)nnc23)cc1. The van der Waals surface area contributed by atoms with Crippen molar-refractivity contribution < 1.29 is 4.79 Å². The van der Waals surface area contributed by atoms with Crippen molar-refractivity contribution in [1.82, 2.24) is 24.5 Å². The van der Waals surface area contributed by atoms with E-state index in [4.69, 9.17) is 0 Å². The molecule has 0 aliphatic carbocycles. The summed E-state index contributed by atoms with van der Waals surface area (Å²) in [5, 5.41) is 21.5. The van der Waals surface area contributed by atoms with Gasteiger partial charge in [-0.15, -0.1) is 10.2 Å². The van der Waals surface area contributed by atoms with Gasteiger partial charge in [0.2, 0.25) is 11.7 Å². The van der Waals surface area contributed by atoms with Gasteiger partial charge in [-0.3, -0.25) is 14.0 Å². The second-order valence-corrected chi connectivity index (χ2v) is 10.1. The molecule has 8 nitrogen and oxygen atoms in total. The summed E-state index contributed by atoms with van der Waals surface area (Å²) >= 11 is 1.23. The maximum absolute atomic E-state index is 13.4. The number of hydrogen-bond donors (Lipinski definition) is 1. The first-order chi connectivity index (χ1) is 16.2. The van der Waals surface area contributed by atoms with Crippen LogP contribution in [0.25, 0.3) is 22.4 Å². The normalized spacial score (nSPS) is 14.1. The number of aryl methyl sites for hydroxylation is 1. The van der Waals surface area contributed by atoms with Crippen LogP contribution in [0.2, 0.25) is 0 Å². The standard InChI is InChI=1S/C25H26N6O2S/c1-15(2)25(5,14-26)27-21(32)17(4)34-24-29-28-23-30(18-12-10-16(3)11-13-18)22(33)19-8-6-7-9-20(19)31(23)24/h6-13,15,17H,1-5H3,(H,27,32). The second-order valence-electron chi connectivity index (χ2n) is 8.83. The van der Waals surface area contributed by atoms with Crippen molar-refractivity contribution in [2.24, 2.45) is 5.92 Å². The van der Waals surface area contributed by atoms with Crippen molar-refractivity contribution in [3.8, 4) is 11.8 Å². The number of carbonyl (C=O) groups is 1. The average molecular weight is 475 g/mol. The molecule has 0 fully saturated rings. The predicted molar refractivity (Wildman–Crippen MR) is 133 cm³/mol. The van der Waals surface area contributed by atoms with Gasteiger partial charge in [0.15, 0.2) is 5.16 Å². The van der Waals surface area contributed by atoms with Crippen LogP contribution in [-0.2, 0) is 4.79 Å². The topological polar surface area (TPSA) is 105 Å². The second kappa shape index (κ2) is 8.95. The number of para-hydroxylation sites is 1. The predicted octanol–water partition coefficient (Wildman–Crippen LogP) is 3.88. The minimum absolute atomic E-state index is 0.0551. The van der Waals surface area contributed by atoms with E-state index in [9.17, 15) is 14.9 Å². The molecule has 2 aromatic heterocycles. The van der Waals surface area contributed by atoms with Crippen molar-refractivity contribution >= 4 is 34.3 Å². The molecule has 0 aliphatic heterocycles. The Labute approximate surface area is 201 Å². The number of thioether (sulfide) groups is 1. The summed E-state index contributed by atoms with van der Waals surface area (Å²) in [5.74, 6) is 0.0443. The van der Waals surface area contributed by atoms with E-state index in [0.29, 0.717) is 27.5 Å². The van der Waals surface area contributed by atoms with Crippen LogP contribution in [0, 0.1) is 24.2 Å². The average Bonchev–Trinajstić information content (AvgIpc) is 3.23. The smallest absolute Gasteiger partial charge is 0.267 e. The molecule has 4 aromatic rings. The quantitative estimate of drug-likeness (QED) is 0.425.